The topological polar surface area (TPSA) is 18.5 Å². The summed E-state index contributed by atoms with van der Waals surface area (Å²) in [5.41, 5.74) is 0. The third kappa shape index (κ3) is 5.32. The molecule has 0 radical (unpaired) electrons. The van der Waals surface area contributed by atoms with Crippen LogP contribution in [-0.4, -0.2) is 31.8 Å². The molecule has 1 saturated heterocycles. The van der Waals surface area contributed by atoms with Gasteiger partial charge in [0, 0.05) is 24.5 Å². The average Bonchev–Trinajstić information content (AvgIpc) is 2.65. The normalized spacial score (nSPS) is 24.0. The predicted molar refractivity (Wildman–Crippen MR) is 61.9 cm³/mol. The van der Waals surface area contributed by atoms with Gasteiger partial charge in [0.15, 0.2) is 0 Å². The fourth-order valence-electron chi connectivity index (χ4n) is 1.58. The molecule has 0 spiro atoms. The fraction of sp³-hybridized carbons (Fsp3) is 1.00. The third-order valence-electron chi connectivity index (χ3n) is 2.73. The maximum atomic E-state index is 5.64. The molecule has 0 amide bonds. The Kier molecular flexibility index (Phi) is 6.82. The van der Waals surface area contributed by atoms with Crippen molar-refractivity contribution >= 4 is 15.9 Å². The molecule has 3 heteroatoms. The molecule has 0 N–H and O–H groups in total. The van der Waals surface area contributed by atoms with Crippen LogP contribution in [0.3, 0.4) is 0 Å². The molecule has 2 atom stereocenters. The zero-order valence-electron chi connectivity index (χ0n) is 9.01. The molecule has 14 heavy (non-hydrogen) atoms. The van der Waals surface area contributed by atoms with Gasteiger partial charge in [0.2, 0.25) is 0 Å². The summed E-state index contributed by atoms with van der Waals surface area (Å²) in [7, 11) is 0. The molecule has 0 aromatic rings. The van der Waals surface area contributed by atoms with Crippen molar-refractivity contribution in [2.24, 2.45) is 11.8 Å². The van der Waals surface area contributed by atoms with E-state index in [0.717, 1.165) is 37.7 Å². The highest BCUT2D eigenvalue weighted by Gasteiger charge is 2.15. The lowest BCUT2D eigenvalue weighted by Crippen LogP contribution is -2.11. The number of ether oxygens (including phenoxy) is 2. The smallest absolute Gasteiger partial charge is 0.0517 e. The number of rotatable bonds is 7. The summed E-state index contributed by atoms with van der Waals surface area (Å²) in [5.74, 6) is 1.43. The first-order chi connectivity index (χ1) is 6.83. The number of hydrogen-bond donors (Lipinski definition) is 0. The monoisotopic (exact) mass is 264 g/mol. The minimum atomic E-state index is 0.654. The van der Waals surface area contributed by atoms with Crippen LogP contribution in [0.2, 0.25) is 0 Å². The molecule has 1 heterocycles. The van der Waals surface area contributed by atoms with Crippen molar-refractivity contribution in [2.75, 3.05) is 31.8 Å². The summed E-state index contributed by atoms with van der Waals surface area (Å²) >= 11 is 3.46. The van der Waals surface area contributed by atoms with Crippen molar-refractivity contribution < 1.29 is 9.47 Å². The van der Waals surface area contributed by atoms with E-state index in [4.69, 9.17) is 9.47 Å². The van der Waals surface area contributed by atoms with Crippen molar-refractivity contribution in [1.29, 1.82) is 0 Å². The second-order valence-corrected chi connectivity index (χ2v) is 4.97. The molecule has 0 bridgehead atoms. The van der Waals surface area contributed by atoms with Crippen LogP contribution in [0.1, 0.15) is 26.2 Å². The van der Waals surface area contributed by atoms with Gasteiger partial charge in [-0.3, -0.25) is 0 Å². The van der Waals surface area contributed by atoms with Crippen molar-refractivity contribution in [1.82, 2.24) is 0 Å². The second-order valence-electron chi connectivity index (χ2n) is 4.18. The molecule has 0 aliphatic carbocycles. The molecule has 84 valence electrons. The summed E-state index contributed by atoms with van der Waals surface area (Å²) in [6.45, 7) is 5.90. The molecule has 0 saturated carbocycles. The quantitative estimate of drug-likeness (QED) is 0.520. The third-order valence-corrected chi connectivity index (χ3v) is 3.19. The lowest BCUT2D eigenvalue weighted by Gasteiger charge is -2.11. The van der Waals surface area contributed by atoms with E-state index in [2.05, 4.69) is 22.9 Å². The van der Waals surface area contributed by atoms with Crippen LogP contribution in [0.4, 0.5) is 0 Å². The molecule has 2 nitrogen and oxygen atoms in total. The molecular formula is C11H21BrO2. The summed E-state index contributed by atoms with van der Waals surface area (Å²) in [6, 6.07) is 0. The van der Waals surface area contributed by atoms with Gasteiger partial charge in [0.25, 0.3) is 0 Å². The van der Waals surface area contributed by atoms with Gasteiger partial charge in [-0.2, -0.15) is 0 Å². The fourth-order valence-corrected chi connectivity index (χ4v) is 2.36. The molecule has 0 aromatic heterocycles. The van der Waals surface area contributed by atoms with Gasteiger partial charge in [-0.15, -0.1) is 0 Å². The first-order valence-corrected chi connectivity index (χ1v) is 6.66. The van der Waals surface area contributed by atoms with Crippen LogP contribution in [-0.2, 0) is 9.47 Å². The first kappa shape index (κ1) is 12.5. The van der Waals surface area contributed by atoms with Crippen molar-refractivity contribution in [3.63, 3.8) is 0 Å². The van der Waals surface area contributed by atoms with E-state index in [-0.39, 0.29) is 0 Å². The lowest BCUT2D eigenvalue weighted by atomic mass is 10.1. The molecule has 2 unspecified atom stereocenters. The maximum Gasteiger partial charge on any atom is 0.0517 e. The van der Waals surface area contributed by atoms with Crippen LogP contribution in [0.25, 0.3) is 0 Å². The van der Waals surface area contributed by atoms with Crippen molar-refractivity contribution in [3.05, 3.63) is 0 Å². The Morgan fingerprint density at radius 1 is 1.50 bits per heavy atom. The minimum absolute atomic E-state index is 0.654. The van der Waals surface area contributed by atoms with Crippen LogP contribution in [0.5, 0.6) is 0 Å². The standard InChI is InChI=1S/C11H21BrO2/c1-10(2-5-12)3-6-13-8-11-4-7-14-9-11/h10-11H,2-9H2,1H3. The highest BCUT2D eigenvalue weighted by molar-refractivity contribution is 9.09. The molecular weight excluding hydrogens is 244 g/mol. The van der Waals surface area contributed by atoms with E-state index < -0.39 is 0 Å². The van der Waals surface area contributed by atoms with Crippen LogP contribution in [0.15, 0.2) is 0 Å². The van der Waals surface area contributed by atoms with E-state index in [0.29, 0.717) is 5.92 Å². The predicted octanol–water partition coefficient (Wildman–Crippen LogP) is 2.85. The summed E-state index contributed by atoms with van der Waals surface area (Å²) in [6.07, 6.45) is 3.60. The molecule has 1 aliphatic rings. The molecule has 1 rings (SSSR count). The van der Waals surface area contributed by atoms with Crippen molar-refractivity contribution in [3.8, 4) is 0 Å². The lowest BCUT2D eigenvalue weighted by molar-refractivity contribution is 0.0818. The first-order valence-electron chi connectivity index (χ1n) is 5.54. The minimum Gasteiger partial charge on any atom is -0.381 e. The Bertz CT molecular complexity index is 135. The number of alkyl halides is 1. The highest BCUT2D eigenvalue weighted by atomic mass is 79.9. The van der Waals surface area contributed by atoms with E-state index in [9.17, 15) is 0 Å². The molecule has 1 aliphatic heterocycles. The van der Waals surface area contributed by atoms with E-state index in [1.165, 1.54) is 19.3 Å². The zero-order chi connectivity index (χ0) is 10.2. The van der Waals surface area contributed by atoms with E-state index in [1.54, 1.807) is 0 Å². The summed E-state index contributed by atoms with van der Waals surface area (Å²) < 4.78 is 10.9. The van der Waals surface area contributed by atoms with Crippen LogP contribution >= 0.6 is 15.9 Å². The van der Waals surface area contributed by atoms with Gasteiger partial charge >= 0.3 is 0 Å². The van der Waals surface area contributed by atoms with E-state index >= 15 is 0 Å². The Balaban J connectivity index is 1.88. The highest BCUT2D eigenvalue weighted by Crippen LogP contribution is 2.13. The molecule has 1 fully saturated rings. The van der Waals surface area contributed by atoms with E-state index in [1.807, 2.05) is 0 Å². The van der Waals surface area contributed by atoms with Crippen LogP contribution in [0, 0.1) is 11.8 Å². The summed E-state index contributed by atoms with van der Waals surface area (Å²) in [4.78, 5) is 0. The number of halogens is 1. The van der Waals surface area contributed by atoms with Gasteiger partial charge in [-0.25, -0.2) is 0 Å². The van der Waals surface area contributed by atoms with Gasteiger partial charge in [0.05, 0.1) is 13.2 Å². The molecule has 0 aromatic carbocycles. The summed E-state index contributed by atoms with van der Waals surface area (Å²) in [5, 5.41) is 1.10. The second kappa shape index (κ2) is 7.66. The Hall–Kier alpha value is 0.400. The zero-order valence-corrected chi connectivity index (χ0v) is 10.6. The van der Waals surface area contributed by atoms with Gasteiger partial charge in [-0.05, 0) is 25.2 Å². The Morgan fingerprint density at radius 2 is 2.36 bits per heavy atom. The van der Waals surface area contributed by atoms with Crippen molar-refractivity contribution in [2.45, 2.75) is 26.2 Å². The Morgan fingerprint density at radius 3 is 3.00 bits per heavy atom. The largest absolute Gasteiger partial charge is 0.381 e. The van der Waals surface area contributed by atoms with Gasteiger partial charge in [-0.1, -0.05) is 22.9 Å². The SMILES string of the molecule is CC(CCBr)CCOCC1CCOC1. The number of hydrogen-bond acceptors (Lipinski definition) is 2. The van der Waals surface area contributed by atoms with Gasteiger partial charge < -0.3 is 9.47 Å². The average molecular weight is 265 g/mol. The maximum absolute atomic E-state index is 5.64. The van der Waals surface area contributed by atoms with Gasteiger partial charge in [0.1, 0.15) is 0 Å². The Labute approximate surface area is 95.5 Å². The van der Waals surface area contributed by atoms with Crippen LogP contribution < -0.4 is 0 Å².